The lowest BCUT2D eigenvalue weighted by Crippen LogP contribution is -2.10. The van der Waals surface area contributed by atoms with E-state index in [0.29, 0.717) is 11.5 Å². The van der Waals surface area contributed by atoms with Crippen LogP contribution in [0.5, 0.6) is 0 Å². The number of aromatic nitrogens is 2. The molecule has 4 nitrogen and oxygen atoms in total. The van der Waals surface area contributed by atoms with Gasteiger partial charge in [-0.05, 0) is 31.4 Å². The molecule has 0 saturated heterocycles. The van der Waals surface area contributed by atoms with Gasteiger partial charge in [-0.25, -0.2) is 4.68 Å². The van der Waals surface area contributed by atoms with E-state index >= 15 is 0 Å². The molecule has 1 aliphatic carbocycles. The molecule has 4 heteroatoms. The van der Waals surface area contributed by atoms with Gasteiger partial charge >= 0.3 is 0 Å². The van der Waals surface area contributed by atoms with Crippen molar-refractivity contribution in [1.29, 1.82) is 5.26 Å². The molecule has 1 saturated carbocycles. The zero-order valence-corrected chi connectivity index (χ0v) is 12.7. The predicted molar refractivity (Wildman–Crippen MR) is 86.3 cm³/mol. The second-order valence-corrected chi connectivity index (χ2v) is 6.26. The van der Waals surface area contributed by atoms with E-state index in [1.165, 1.54) is 43.4 Å². The van der Waals surface area contributed by atoms with Crippen molar-refractivity contribution < 1.29 is 0 Å². The summed E-state index contributed by atoms with van der Waals surface area (Å²) in [5.74, 6) is 1.70. The number of anilines is 1. The van der Waals surface area contributed by atoms with Crippen LogP contribution in [0.1, 0.15) is 54.8 Å². The zero-order valence-electron chi connectivity index (χ0n) is 12.7. The molecule has 2 aromatic rings. The summed E-state index contributed by atoms with van der Waals surface area (Å²) in [7, 11) is 0. The zero-order chi connectivity index (χ0) is 14.9. The van der Waals surface area contributed by atoms with Gasteiger partial charge in [0.1, 0.15) is 11.9 Å². The molecule has 1 aromatic carbocycles. The molecule has 2 aliphatic rings. The number of nitriles is 1. The van der Waals surface area contributed by atoms with E-state index in [4.69, 9.17) is 5.10 Å². The van der Waals surface area contributed by atoms with Crippen LogP contribution in [0.3, 0.4) is 0 Å². The summed E-state index contributed by atoms with van der Waals surface area (Å²) in [6.45, 7) is 0.974. The lowest BCUT2D eigenvalue weighted by atomic mass is 9.85. The Bertz CT molecular complexity index is 732. The molecule has 0 radical (unpaired) electrons. The van der Waals surface area contributed by atoms with Gasteiger partial charge in [0.2, 0.25) is 0 Å². The molecule has 2 heterocycles. The van der Waals surface area contributed by atoms with E-state index < -0.39 is 0 Å². The third-order valence-electron chi connectivity index (χ3n) is 4.93. The maximum absolute atomic E-state index is 9.37. The largest absolute Gasteiger partial charge is 0.369 e. The fourth-order valence-corrected chi connectivity index (χ4v) is 3.83. The molecule has 0 spiro atoms. The number of nitrogens with zero attached hydrogens (tertiary/aromatic N) is 3. The van der Waals surface area contributed by atoms with Crippen LogP contribution in [-0.4, -0.2) is 16.3 Å². The highest BCUT2D eigenvalue weighted by Crippen LogP contribution is 2.39. The van der Waals surface area contributed by atoms with Gasteiger partial charge in [0.15, 0.2) is 0 Å². The summed E-state index contributed by atoms with van der Waals surface area (Å²) in [5.41, 5.74) is 4.21. The van der Waals surface area contributed by atoms with Crippen molar-refractivity contribution in [3.05, 3.63) is 41.1 Å². The Hall–Kier alpha value is -2.28. The molecule has 1 fully saturated rings. The smallest absolute Gasteiger partial charge is 0.133 e. The third kappa shape index (κ3) is 2.09. The molecule has 1 N–H and O–H groups in total. The number of rotatable bonds is 2. The van der Waals surface area contributed by atoms with Crippen molar-refractivity contribution in [1.82, 2.24) is 9.78 Å². The van der Waals surface area contributed by atoms with Gasteiger partial charge in [-0.15, -0.1) is 0 Å². The van der Waals surface area contributed by atoms with Crippen LogP contribution in [-0.2, 0) is 6.42 Å². The van der Waals surface area contributed by atoms with Crippen LogP contribution >= 0.6 is 0 Å². The molecule has 22 heavy (non-hydrogen) atoms. The van der Waals surface area contributed by atoms with Crippen LogP contribution < -0.4 is 5.32 Å². The van der Waals surface area contributed by atoms with Crippen molar-refractivity contribution in [3.63, 3.8) is 0 Å². The minimum absolute atomic E-state index is 0.595. The number of nitrogens with one attached hydrogen (secondary N) is 1. The molecule has 0 atom stereocenters. The highest BCUT2D eigenvalue weighted by Gasteiger charge is 2.29. The SMILES string of the molecule is N#Cc1ccccc1-n1nc(C2CCCCC2)c2c1NCC2. The first-order chi connectivity index (χ1) is 10.9. The molecule has 4 rings (SSSR count). The summed E-state index contributed by atoms with van der Waals surface area (Å²) in [6, 6.07) is 10.0. The summed E-state index contributed by atoms with van der Waals surface area (Å²) >= 11 is 0. The van der Waals surface area contributed by atoms with Gasteiger partial charge in [0, 0.05) is 18.0 Å². The Labute approximate surface area is 130 Å². The molecular weight excluding hydrogens is 272 g/mol. The highest BCUT2D eigenvalue weighted by molar-refractivity contribution is 5.60. The Morgan fingerprint density at radius 3 is 2.82 bits per heavy atom. The third-order valence-corrected chi connectivity index (χ3v) is 4.93. The normalized spacial score (nSPS) is 17.8. The van der Waals surface area contributed by atoms with Gasteiger partial charge in [-0.2, -0.15) is 10.4 Å². The Kier molecular flexibility index (Phi) is 3.34. The molecule has 112 valence electrons. The topological polar surface area (TPSA) is 53.6 Å². The van der Waals surface area contributed by atoms with Crippen LogP contribution in [0.15, 0.2) is 24.3 Å². The summed E-state index contributed by atoms with van der Waals surface area (Å²) in [5, 5.41) is 17.8. The minimum atomic E-state index is 0.595. The lowest BCUT2D eigenvalue weighted by Gasteiger charge is -2.20. The first-order valence-corrected chi connectivity index (χ1v) is 8.23. The number of para-hydroxylation sites is 1. The number of fused-ring (bicyclic) bond motifs is 1. The van der Waals surface area contributed by atoms with Crippen LogP contribution in [0.4, 0.5) is 5.82 Å². The Balaban J connectivity index is 1.82. The summed E-state index contributed by atoms with van der Waals surface area (Å²) in [4.78, 5) is 0. The van der Waals surface area contributed by atoms with Gasteiger partial charge in [0.05, 0.1) is 16.9 Å². The highest BCUT2D eigenvalue weighted by atomic mass is 15.3. The van der Waals surface area contributed by atoms with Crippen molar-refractivity contribution in [2.24, 2.45) is 0 Å². The number of hydrogen-bond donors (Lipinski definition) is 1. The monoisotopic (exact) mass is 292 g/mol. The van der Waals surface area contributed by atoms with E-state index in [0.717, 1.165) is 24.5 Å². The molecular formula is C18H20N4. The Morgan fingerprint density at radius 2 is 2.00 bits per heavy atom. The average Bonchev–Trinajstić information content (AvgIpc) is 3.18. The van der Waals surface area contributed by atoms with Gasteiger partial charge in [0.25, 0.3) is 0 Å². The average molecular weight is 292 g/mol. The van der Waals surface area contributed by atoms with Crippen molar-refractivity contribution >= 4 is 5.82 Å². The minimum Gasteiger partial charge on any atom is -0.369 e. The first-order valence-electron chi connectivity index (χ1n) is 8.23. The fourth-order valence-electron chi connectivity index (χ4n) is 3.83. The van der Waals surface area contributed by atoms with Gasteiger partial charge < -0.3 is 5.32 Å². The first kappa shape index (κ1) is 13.4. The quantitative estimate of drug-likeness (QED) is 0.917. The molecule has 0 bridgehead atoms. The van der Waals surface area contributed by atoms with Crippen LogP contribution in [0.2, 0.25) is 0 Å². The van der Waals surface area contributed by atoms with E-state index in [1.807, 2.05) is 28.9 Å². The van der Waals surface area contributed by atoms with Crippen molar-refractivity contribution in [2.45, 2.75) is 44.4 Å². The van der Waals surface area contributed by atoms with E-state index in [1.54, 1.807) is 0 Å². The van der Waals surface area contributed by atoms with Crippen LogP contribution in [0.25, 0.3) is 5.69 Å². The Morgan fingerprint density at radius 1 is 1.18 bits per heavy atom. The maximum Gasteiger partial charge on any atom is 0.133 e. The number of benzene rings is 1. The maximum atomic E-state index is 9.37. The fraction of sp³-hybridized carbons (Fsp3) is 0.444. The molecule has 0 unspecified atom stereocenters. The van der Waals surface area contributed by atoms with Gasteiger partial charge in [-0.1, -0.05) is 31.4 Å². The second-order valence-electron chi connectivity index (χ2n) is 6.26. The van der Waals surface area contributed by atoms with E-state index in [2.05, 4.69) is 11.4 Å². The van der Waals surface area contributed by atoms with Crippen LogP contribution in [0, 0.1) is 11.3 Å². The molecule has 1 aromatic heterocycles. The standard InChI is InChI=1S/C18H20N4/c19-12-14-8-4-5-9-16(14)22-18-15(10-11-20-18)17(21-22)13-6-2-1-3-7-13/h4-5,8-9,13,20H,1-3,6-7,10-11H2. The number of hydrogen-bond acceptors (Lipinski definition) is 3. The lowest BCUT2D eigenvalue weighted by molar-refractivity contribution is 0.433. The predicted octanol–water partition coefficient (Wildman–Crippen LogP) is 3.76. The van der Waals surface area contributed by atoms with E-state index in [9.17, 15) is 5.26 Å². The van der Waals surface area contributed by atoms with Crippen molar-refractivity contribution in [3.8, 4) is 11.8 Å². The molecule has 0 amide bonds. The van der Waals surface area contributed by atoms with Gasteiger partial charge in [-0.3, -0.25) is 0 Å². The van der Waals surface area contributed by atoms with E-state index in [-0.39, 0.29) is 0 Å². The van der Waals surface area contributed by atoms with Crippen molar-refractivity contribution in [2.75, 3.05) is 11.9 Å². The second kappa shape index (κ2) is 5.49. The summed E-state index contributed by atoms with van der Waals surface area (Å²) < 4.78 is 1.96. The molecule has 1 aliphatic heterocycles. The summed E-state index contributed by atoms with van der Waals surface area (Å²) in [6.07, 6.45) is 7.54.